The Hall–Kier alpha value is -6.35. The Labute approximate surface area is 425 Å². The van der Waals surface area contributed by atoms with E-state index in [4.69, 9.17) is 27.8 Å². The number of imidazole rings is 1. The second kappa shape index (κ2) is 18.1. The van der Waals surface area contributed by atoms with Crippen LogP contribution in [0.5, 0.6) is 5.75 Å². The van der Waals surface area contributed by atoms with Crippen molar-refractivity contribution in [3.05, 3.63) is 192 Å². The van der Waals surface area contributed by atoms with Gasteiger partial charge >= 0.3 is 0 Å². The molecule has 0 aliphatic heterocycles. The van der Waals surface area contributed by atoms with Gasteiger partial charge in [0.1, 0.15) is 11.6 Å². The maximum atomic E-state index is 12.0. The fourth-order valence-corrected chi connectivity index (χ4v) is 8.43. The largest absolute Gasteiger partial charge is 0.507 e. The molecule has 2 heterocycles. The van der Waals surface area contributed by atoms with Gasteiger partial charge in [-0.3, -0.25) is 9.55 Å². The Morgan fingerprint density at radius 2 is 1.32 bits per heavy atom. The molecule has 0 atom stereocenters. The first-order valence-electron chi connectivity index (χ1n) is 28.6. The summed E-state index contributed by atoms with van der Waals surface area (Å²) in [6, 6.07) is 40.4. The van der Waals surface area contributed by atoms with Crippen LogP contribution in [-0.2, 0) is 31.9 Å². The molecule has 2 aromatic heterocycles. The van der Waals surface area contributed by atoms with E-state index >= 15 is 0 Å². The number of nitrogens with zero attached hydrogens (tertiary/aromatic N) is 3. The van der Waals surface area contributed by atoms with Gasteiger partial charge in [-0.05, 0) is 111 Å². The van der Waals surface area contributed by atoms with Crippen molar-refractivity contribution < 1.29 is 45.4 Å². The molecule has 0 bridgehead atoms. The van der Waals surface area contributed by atoms with Crippen molar-refractivity contribution in [3.8, 4) is 78.6 Å². The molecule has 9 rings (SSSR count). The molecule has 9 aromatic rings. The number of benzene rings is 7. The van der Waals surface area contributed by atoms with Gasteiger partial charge in [-0.1, -0.05) is 175 Å². The Bertz CT molecular complexity index is 3790. The molecule has 66 heavy (non-hydrogen) atoms. The summed E-state index contributed by atoms with van der Waals surface area (Å²) in [5.74, 6) is -0.493. The van der Waals surface area contributed by atoms with Crippen LogP contribution in [0.1, 0.15) is 108 Å². The molecule has 0 fully saturated rings. The van der Waals surface area contributed by atoms with Crippen molar-refractivity contribution >= 4 is 11.0 Å². The third-order valence-corrected chi connectivity index (χ3v) is 11.8. The number of hydrogen-bond donors (Lipinski definition) is 1. The average molecular weight is 1060 g/mol. The zero-order valence-corrected chi connectivity index (χ0v) is 40.1. The van der Waals surface area contributed by atoms with Gasteiger partial charge in [0.2, 0.25) is 0 Å². The Balaban J connectivity index is 0.00000841. The van der Waals surface area contributed by atoms with Gasteiger partial charge in [-0.15, -0.1) is 29.3 Å². The third-order valence-electron chi connectivity index (χ3n) is 11.8. The van der Waals surface area contributed by atoms with Gasteiger partial charge in [0, 0.05) is 52.2 Å². The molecule has 0 saturated carbocycles. The van der Waals surface area contributed by atoms with E-state index in [0.717, 1.165) is 44.6 Å². The number of aromatic nitrogens is 3. The molecule has 0 saturated heterocycles. The number of phenols is 1. The molecule has 0 spiro atoms. The quantitative estimate of drug-likeness (QED) is 0.154. The molecular formula is C61H58N3OPt-. The van der Waals surface area contributed by atoms with Gasteiger partial charge in [-0.2, -0.15) is 0 Å². The molecule has 7 aromatic carbocycles. The van der Waals surface area contributed by atoms with Crippen molar-refractivity contribution in [1.29, 1.82) is 0 Å². The summed E-state index contributed by atoms with van der Waals surface area (Å²) >= 11 is 0. The molecule has 0 amide bonds. The van der Waals surface area contributed by atoms with E-state index < -0.39 is 67.0 Å². The average Bonchev–Trinajstić information content (AvgIpc) is 3.93. The van der Waals surface area contributed by atoms with Crippen LogP contribution in [0.25, 0.3) is 83.9 Å². The first-order valence-corrected chi connectivity index (χ1v) is 21.6. The third kappa shape index (κ3) is 8.97. The number of hydrogen-bond acceptors (Lipinski definition) is 3. The number of rotatable bonds is 8. The van der Waals surface area contributed by atoms with Gasteiger partial charge < -0.3 is 5.11 Å². The maximum Gasteiger partial charge on any atom is 0.148 e. The first-order chi connectivity index (χ1) is 36.8. The molecule has 0 unspecified atom stereocenters. The standard InChI is InChI=1S/C61H58N3O.Pt/c1-38(2)50-36-52(43-20-15-12-16-21-43)56(37-51(50)42-18-13-11-14-19-42)64-55-23-17-22-49(57(55)63-59(64)53-31-39(3)30-40(4)58(53)65)45-32-46(34-48(33-45)61(8,9)10)54-35-44(28-29-62-54)41-24-26-47(27-25-41)60(5,6)7;/h11-31,33-38,65H,1-10H3;/q-1;/i5D3,6D3,7D3,24D,25D,26D,27D,38D;. The van der Waals surface area contributed by atoms with Gasteiger partial charge in [0.05, 0.1) is 27.8 Å². The zero-order valence-electron chi connectivity index (χ0n) is 51.8. The Morgan fingerprint density at radius 1 is 0.652 bits per heavy atom. The van der Waals surface area contributed by atoms with Crippen LogP contribution >= 0.6 is 0 Å². The summed E-state index contributed by atoms with van der Waals surface area (Å²) in [5.41, 5.74) is 5.65. The van der Waals surface area contributed by atoms with Crippen LogP contribution in [0, 0.1) is 19.9 Å². The van der Waals surface area contributed by atoms with Crippen LogP contribution in [0.4, 0.5) is 0 Å². The number of aryl methyl sites for hydroxylation is 2. The Morgan fingerprint density at radius 3 is 1.97 bits per heavy atom. The van der Waals surface area contributed by atoms with E-state index in [1.807, 2.05) is 131 Å². The van der Waals surface area contributed by atoms with Crippen molar-refractivity contribution in [2.45, 2.75) is 85.7 Å². The van der Waals surface area contributed by atoms with Gasteiger partial charge in [0.15, 0.2) is 0 Å². The first kappa shape index (κ1) is 31.5. The maximum absolute atomic E-state index is 12.0. The number of pyridine rings is 1. The van der Waals surface area contributed by atoms with Gasteiger partial charge in [0.25, 0.3) is 0 Å². The molecule has 1 N–H and O–H groups in total. The summed E-state index contributed by atoms with van der Waals surface area (Å²) in [6.45, 7) is 2.27. The summed E-state index contributed by atoms with van der Waals surface area (Å²) < 4.78 is 122. The molecular weight excluding hydrogens is 986 g/mol. The van der Waals surface area contributed by atoms with Crippen LogP contribution in [0.15, 0.2) is 158 Å². The molecule has 5 heteroatoms. The fraction of sp³-hybridized carbons (Fsp3) is 0.213. The molecule has 0 aliphatic rings. The SMILES string of the molecule is [2H]c1c([2H])c(C(C([2H])([2H])[2H])(C([2H])([2H])[2H])C([2H])([2H])[2H])c([2H])c([2H])c1-c1ccnc(-c2[c-]c(-c3cccc4c3nc(-c3cc(C)cc(C)c3O)n4-c3cc(-c4ccccc4)c(C([2H])(C)C)cc3-c3ccccc3)cc(C(C)(C)C)c2)c1.[Pt]. The number of para-hydroxylation sites is 1. The van der Waals surface area contributed by atoms with E-state index in [1.165, 1.54) is 18.3 Å². The second-order valence-corrected chi connectivity index (χ2v) is 17.9. The predicted octanol–water partition coefficient (Wildman–Crippen LogP) is 16.3. The minimum atomic E-state index is -3.82. The van der Waals surface area contributed by atoms with Crippen molar-refractivity contribution in [2.75, 3.05) is 0 Å². The van der Waals surface area contributed by atoms with Gasteiger partial charge in [-0.25, -0.2) is 4.98 Å². The van der Waals surface area contributed by atoms with E-state index in [9.17, 15) is 6.48 Å². The molecule has 334 valence electrons. The van der Waals surface area contributed by atoms with E-state index in [1.54, 1.807) is 0 Å². The fourth-order valence-electron chi connectivity index (χ4n) is 8.43. The van der Waals surface area contributed by atoms with Crippen molar-refractivity contribution in [1.82, 2.24) is 14.5 Å². The van der Waals surface area contributed by atoms with E-state index in [2.05, 4.69) is 43.5 Å². The van der Waals surface area contributed by atoms with Crippen molar-refractivity contribution in [2.24, 2.45) is 0 Å². The normalized spacial score (nSPS) is 15.7. The van der Waals surface area contributed by atoms with Crippen LogP contribution in [-0.4, -0.2) is 19.6 Å². The summed E-state index contributed by atoms with van der Waals surface area (Å²) in [6.07, 6.45) is 1.41. The van der Waals surface area contributed by atoms with Crippen molar-refractivity contribution in [3.63, 3.8) is 0 Å². The molecule has 0 aliphatic carbocycles. The van der Waals surface area contributed by atoms with Crippen LogP contribution < -0.4 is 0 Å². The zero-order chi connectivity index (χ0) is 57.7. The van der Waals surface area contributed by atoms with E-state index in [-0.39, 0.29) is 37.9 Å². The topological polar surface area (TPSA) is 50.9 Å². The minimum absolute atomic E-state index is 0. The number of aromatic hydroxyl groups is 1. The predicted molar refractivity (Wildman–Crippen MR) is 273 cm³/mol. The molecule has 4 nitrogen and oxygen atoms in total. The van der Waals surface area contributed by atoms with Crippen LogP contribution in [0.3, 0.4) is 0 Å². The minimum Gasteiger partial charge on any atom is -0.507 e. The summed E-state index contributed by atoms with van der Waals surface area (Å²) in [5, 5.41) is 12.0. The summed E-state index contributed by atoms with van der Waals surface area (Å²) in [7, 11) is 0. The molecule has 0 radical (unpaired) electrons. The van der Waals surface area contributed by atoms with E-state index in [0.29, 0.717) is 50.4 Å². The smallest absolute Gasteiger partial charge is 0.148 e. The number of fused-ring (bicyclic) bond motifs is 1. The monoisotopic (exact) mass is 1060 g/mol. The number of phenolic OH excluding ortho intramolecular Hbond substituents is 1. The Kier molecular flexibility index (Phi) is 8.67. The van der Waals surface area contributed by atoms with Crippen LogP contribution in [0.2, 0.25) is 0 Å². The second-order valence-electron chi connectivity index (χ2n) is 17.9. The summed E-state index contributed by atoms with van der Waals surface area (Å²) in [4.78, 5) is 10.2.